The number of aromatic nitrogens is 2. The summed E-state index contributed by atoms with van der Waals surface area (Å²) in [6.45, 7) is 0.433. The molecule has 0 atom stereocenters. The van der Waals surface area contributed by atoms with Gasteiger partial charge in [-0.2, -0.15) is 0 Å². The monoisotopic (exact) mass is 393 g/mol. The molecule has 7 nitrogen and oxygen atoms in total. The molecule has 0 aliphatic heterocycles. The van der Waals surface area contributed by atoms with Gasteiger partial charge in [0.2, 0.25) is 11.7 Å². The number of methoxy groups -OCH3 is 3. The number of hydrogen-bond donors (Lipinski definition) is 1. The number of rotatable bonds is 8. The number of carbonyl (C=O) groups is 1. The minimum atomic E-state index is -0.197. The second-order valence-corrected chi connectivity index (χ2v) is 6.15. The Morgan fingerprint density at radius 2 is 1.76 bits per heavy atom. The molecule has 7 heteroatoms. The lowest BCUT2D eigenvalue weighted by molar-refractivity contribution is -0.116. The van der Waals surface area contributed by atoms with Gasteiger partial charge in [-0.1, -0.05) is 12.1 Å². The highest BCUT2D eigenvalue weighted by atomic mass is 16.5. The van der Waals surface area contributed by atoms with Gasteiger partial charge in [0.05, 0.1) is 27.7 Å². The predicted octanol–water partition coefficient (Wildman–Crippen LogP) is 3.23. The van der Waals surface area contributed by atoms with Gasteiger partial charge in [0.1, 0.15) is 0 Å². The maximum Gasteiger partial charge on any atom is 0.244 e. The van der Waals surface area contributed by atoms with Gasteiger partial charge in [-0.05, 0) is 41.5 Å². The van der Waals surface area contributed by atoms with Crippen LogP contribution in [0.5, 0.6) is 17.2 Å². The molecule has 1 amide bonds. The highest BCUT2D eigenvalue weighted by molar-refractivity contribution is 5.91. The van der Waals surface area contributed by atoms with Crippen LogP contribution < -0.4 is 19.5 Å². The van der Waals surface area contributed by atoms with Crippen LogP contribution in [0.4, 0.5) is 0 Å². The third-order valence-corrected chi connectivity index (χ3v) is 4.32. The van der Waals surface area contributed by atoms with Crippen molar-refractivity contribution in [1.82, 2.24) is 14.9 Å². The Morgan fingerprint density at radius 3 is 2.31 bits per heavy atom. The van der Waals surface area contributed by atoms with Crippen LogP contribution in [0.2, 0.25) is 0 Å². The molecule has 2 aromatic carbocycles. The Labute approximate surface area is 169 Å². The van der Waals surface area contributed by atoms with E-state index in [0.29, 0.717) is 23.8 Å². The summed E-state index contributed by atoms with van der Waals surface area (Å²) in [5.41, 5.74) is 2.78. The number of nitrogens with one attached hydrogen (secondary N) is 1. The lowest BCUT2D eigenvalue weighted by Gasteiger charge is -2.12. The first-order valence-corrected chi connectivity index (χ1v) is 8.97. The Kier molecular flexibility index (Phi) is 6.52. The fourth-order valence-electron chi connectivity index (χ4n) is 2.82. The SMILES string of the molecule is COc1cc(/C=C/C(=O)NCc2ccc(-n3ccnc3)cc2)cc(OC)c1OC. The molecule has 1 N–H and O–H groups in total. The Hall–Kier alpha value is -3.74. The maximum absolute atomic E-state index is 12.2. The zero-order valence-corrected chi connectivity index (χ0v) is 16.6. The summed E-state index contributed by atoms with van der Waals surface area (Å²) in [6.07, 6.45) is 8.52. The first-order chi connectivity index (χ1) is 14.1. The van der Waals surface area contributed by atoms with E-state index < -0.39 is 0 Å². The molecule has 1 heterocycles. The van der Waals surface area contributed by atoms with Crippen LogP contribution in [0.1, 0.15) is 11.1 Å². The van der Waals surface area contributed by atoms with Gasteiger partial charge in [0.15, 0.2) is 11.5 Å². The second-order valence-electron chi connectivity index (χ2n) is 6.15. The molecule has 150 valence electrons. The van der Waals surface area contributed by atoms with Crippen molar-refractivity contribution >= 4 is 12.0 Å². The normalized spacial score (nSPS) is 10.7. The molecule has 0 bridgehead atoms. The van der Waals surface area contributed by atoms with Gasteiger partial charge in [-0.25, -0.2) is 4.98 Å². The van der Waals surface area contributed by atoms with Gasteiger partial charge < -0.3 is 24.1 Å². The smallest absolute Gasteiger partial charge is 0.244 e. The van der Waals surface area contributed by atoms with Crippen molar-refractivity contribution in [2.24, 2.45) is 0 Å². The molecular weight excluding hydrogens is 370 g/mol. The first-order valence-electron chi connectivity index (χ1n) is 8.97. The molecule has 0 aliphatic rings. The number of imidazole rings is 1. The molecule has 0 aliphatic carbocycles. The van der Waals surface area contributed by atoms with Crippen LogP contribution >= 0.6 is 0 Å². The average Bonchev–Trinajstić information content (AvgIpc) is 3.30. The summed E-state index contributed by atoms with van der Waals surface area (Å²) < 4.78 is 17.9. The standard InChI is InChI=1S/C22H23N3O4/c1-27-19-12-17(13-20(28-2)22(19)29-3)6-9-21(26)24-14-16-4-7-18(8-5-16)25-11-10-23-15-25/h4-13,15H,14H2,1-3H3,(H,24,26)/b9-6+. The Bertz CT molecular complexity index is 955. The lowest BCUT2D eigenvalue weighted by Crippen LogP contribution is -2.20. The van der Waals surface area contributed by atoms with E-state index in [0.717, 1.165) is 16.8 Å². The molecule has 0 fully saturated rings. The number of nitrogens with zero attached hydrogens (tertiary/aromatic N) is 2. The minimum Gasteiger partial charge on any atom is -0.493 e. The fraction of sp³-hybridized carbons (Fsp3) is 0.182. The van der Waals surface area contributed by atoms with E-state index in [2.05, 4.69) is 10.3 Å². The van der Waals surface area contributed by atoms with Gasteiger partial charge >= 0.3 is 0 Å². The lowest BCUT2D eigenvalue weighted by atomic mass is 10.1. The maximum atomic E-state index is 12.2. The van der Waals surface area contributed by atoms with E-state index in [1.807, 2.05) is 35.0 Å². The second kappa shape index (κ2) is 9.45. The van der Waals surface area contributed by atoms with E-state index >= 15 is 0 Å². The molecule has 0 saturated heterocycles. The topological polar surface area (TPSA) is 74.6 Å². The van der Waals surface area contributed by atoms with E-state index in [-0.39, 0.29) is 5.91 Å². The molecule has 0 saturated carbocycles. The number of amides is 1. The molecule has 1 aromatic heterocycles. The van der Waals surface area contributed by atoms with Crippen LogP contribution in [0.15, 0.2) is 61.2 Å². The van der Waals surface area contributed by atoms with E-state index in [9.17, 15) is 4.79 Å². The quantitative estimate of drug-likeness (QED) is 0.595. The molecule has 0 spiro atoms. The summed E-state index contributed by atoms with van der Waals surface area (Å²) in [7, 11) is 4.65. The highest BCUT2D eigenvalue weighted by Crippen LogP contribution is 2.38. The van der Waals surface area contributed by atoms with Gasteiger partial charge in [-0.3, -0.25) is 4.79 Å². The van der Waals surface area contributed by atoms with Gasteiger partial charge in [0, 0.05) is 30.7 Å². The van der Waals surface area contributed by atoms with Gasteiger partial charge in [0.25, 0.3) is 0 Å². The van der Waals surface area contributed by atoms with Gasteiger partial charge in [-0.15, -0.1) is 0 Å². The zero-order chi connectivity index (χ0) is 20.6. The highest BCUT2D eigenvalue weighted by Gasteiger charge is 2.12. The summed E-state index contributed by atoms with van der Waals surface area (Å²) in [6, 6.07) is 11.5. The van der Waals surface area contributed by atoms with Crippen molar-refractivity contribution in [3.63, 3.8) is 0 Å². The van der Waals surface area contributed by atoms with Crippen LogP contribution in [0, 0.1) is 0 Å². The number of carbonyl (C=O) groups excluding carboxylic acids is 1. The van der Waals surface area contributed by atoms with Crippen LogP contribution in [-0.4, -0.2) is 36.8 Å². The van der Waals surface area contributed by atoms with Crippen LogP contribution in [-0.2, 0) is 11.3 Å². The minimum absolute atomic E-state index is 0.197. The molecule has 3 aromatic rings. The molecule has 0 radical (unpaired) electrons. The van der Waals surface area contributed by atoms with E-state index in [1.54, 1.807) is 52.1 Å². The van der Waals surface area contributed by atoms with Crippen molar-refractivity contribution in [3.05, 3.63) is 72.3 Å². The third-order valence-electron chi connectivity index (χ3n) is 4.32. The molecule has 3 rings (SSSR count). The van der Waals surface area contributed by atoms with Crippen molar-refractivity contribution in [2.45, 2.75) is 6.54 Å². The fourth-order valence-corrected chi connectivity index (χ4v) is 2.82. The summed E-state index contributed by atoms with van der Waals surface area (Å²) >= 11 is 0. The predicted molar refractivity (Wildman–Crippen MR) is 111 cm³/mol. The Balaban J connectivity index is 1.61. The van der Waals surface area contributed by atoms with Crippen LogP contribution in [0.3, 0.4) is 0 Å². The largest absolute Gasteiger partial charge is 0.493 e. The molecule has 29 heavy (non-hydrogen) atoms. The number of hydrogen-bond acceptors (Lipinski definition) is 5. The molecule has 0 unspecified atom stereocenters. The number of ether oxygens (including phenoxy) is 3. The molecular formula is C22H23N3O4. The first kappa shape index (κ1) is 20.0. The number of benzene rings is 2. The summed E-state index contributed by atoms with van der Waals surface area (Å²) in [4.78, 5) is 16.2. The third kappa shape index (κ3) is 4.95. The van der Waals surface area contributed by atoms with Crippen molar-refractivity contribution < 1.29 is 19.0 Å². The van der Waals surface area contributed by atoms with E-state index in [1.165, 1.54) is 6.08 Å². The van der Waals surface area contributed by atoms with Crippen molar-refractivity contribution in [1.29, 1.82) is 0 Å². The Morgan fingerprint density at radius 1 is 1.07 bits per heavy atom. The summed E-state index contributed by atoms with van der Waals surface area (Å²) in [5.74, 6) is 1.38. The van der Waals surface area contributed by atoms with E-state index in [4.69, 9.17) is 14.2 Å². The zero-order valence-electron chi connectivity index (χ0n) is 16.6. The van der Waals surface area contributed by atoms with Crippen LogP contribution in [0.25, 0.3) is 11.8 Å². The average molecular weight is 393 g/mol. The van der Waals surface area contributed by atoms with Crippen molar-refractivity contribution in [3.8, 4) is 22.9 Å². The van der Waals surface area contributed by atoms with Crippen molar-refractivity contribution in [2.75, 3.05) is 21.3 Å². The summed E-state index contributed by atoms with van der Waals surface area (Å²) in [5, 5.41) is 2.87.